The van der Waals surface area contributed by atoms with Gasteiger partial charge in [0.2, 0.25) is 5.91 Å². The van der Waals surface area contributed by atoms with E-state index < -0.39 is 5.60 Å². The van der Waals surface area contributed by atoms with Crippen LogP contribution in [-0.4, -0.2) is 34.6 Å². The van der Waals surface area contributed by atoms with Gasteiger partial charge in [-0.2, -0.15) is 0 Å². The Morgan fingerprint density at radius 3 is 2.21 bits per heavy atom. The molecule has 0 aliphatic rings. The second-order valence-electron chi connectivity index (χ2n) is 5.42. The largest absolute Gasteiger partial charge is 0.389 e. The van der Waals surface area contributed by atoms with Gasteiger partial charge in [0.05, 0.1) is 12.0 Å². The van der Waals surface area contributed by atoms with Crippen molar-refractivity contribution in [3.8, 4) is 0 Å². The van der Waals surface area contributed by atoms with Crippen molar-refractivity contribution in [2.24, 2.45) is 5.73 Å². The lowest BCUT2D eigenvalue weighted by molar-refractivity contribution is -0.133. The summed E-state index contributed by atoms with van der Waals surface area (Å²) in [5.41, 5.74) is 6.70. The number of amides is 1. The van der Waals surface area contributed by atoms with Crippen molar-refractivity contribution in [1.29, 1.82) is 0 Å². The monoisotopic (exact) mass is 264 g/mol. The number of hydrogen-bond acceptors (Lipinski definition) is 3. The van der Waals surface area contributed by atoms with Crippen LogP contribution in [0.1, 0.15) is 31.9 Å². The summed E-state index contributed by atoms with van der Waals surface area (Å²) in [6.07, 6.45) is 0.356. The number of carbonyl (C=O) groups excluding carboxylic acids is 1. The van der Waals surface area contributed by atoms with Gasteiger partial charge in [-0.05, 0) is 31.9 Å². The van der Waals surface area contributed by atoms with E-state index in [-0.39, 0.29) is 5.91 Å². The standard InChI is InChI=1S/C15H24N2O2/c1-4-17(11-15(2,3)19)14(18)9-12-5-7-13(10-16)8-6-12/h5-8,19H,4,9-11,16H2,1-3H3. The Hall–Kier alpha value is -1.39. The molecule has 1 aromatic carbocycles. The zero-order valence-corrected chi connectivity index (χ0v) is 12.0. The highest BCUT2D eigenvalue weighted by atomic mass is 16.3. The van der Waals surface area contributed by atoms with Crippen LogP contribution in [0.3, 0.4) is 0 Å². The number of nitrogens with zero attached hydrogens (tertiary/aromatic N) is 1. The third-order valence-electron chi connectivity index (χ3n) is 2.93. The SMILES string of the molecule is CCN(CC(C)(C)O)C(=O)Cc1ccc(CN)cc1. The molecule has 0 radical (unpaired) electrons. The summed E-state index contributed by atoms with van der Waals surface area (Å²) in [5.74, 6) is 0.0325. The maximum absolute atomic E-state index is 12.2. The van der Waals surface area contributed by atoms with Gasteiger partial charge in [-0.25, -0.2) is 0 Å². The molecule has 19 heavy (non-hydrogen) atoms. The van der Waals surface area contributed by atoms with E-state index in [2.05, 4.69) is 0 Å². The van der Waals surface area contributed by atoms with Gasteiger partial charge in [0.15, 0.2) is 0 Å². The third-order valence-corrected chi connectivity index (χ3v) is 2.93. The molecule has 4 nitrogen and oxygen atoms in total. The molecule has 0 unspecified atom stereocenters. The second-order valence-corrected chi connectivity index (χ2v) is 5.42. The van der Waals surface area contributed by atoms with Crippen LogP contribution in [0.25, 0.3) is 0 Å². The van der Waals surface area contributed by atoms with Gasteiger partial charge < -0.3 is 15.7 Å². The fourth-order valence-corrected chi connectivity index (χ4v) is 1.92. The summed E-state index contributed by atoms with van der Waals surface area (Å²) in [4.78, 5) is 13.8. The molecule has 3 N–H and O–H groups in total. The van der Waals surface area contributed by atoms with E-state index >= 15 is 0 Å². The topological polar surface area (TPSA) is 66.6 Å². The van der Waals surface area contributed by atoms with E-state index in [1.54, 1.807) is 18.7 Å². The summed E-state index contributed by atoms with van der Waals surface area (Å²) >= 11 is 0. The third kappa shape index (κ3) is 5.41. The van der Waals surface area contributed by atoms with Gasteiger partial charge in [0.25, 0.3) is 0 Å². The van der Waals surface area contributed by atoms with Crippen LogP contribution >= 0.6 is 0 Å². The maximum atomic E-state index is 12.2. The lowest BCUT2D eigenvalue weighted by Gasteiger charge is -2.28. The number of aliphatic hydroxyl groups is 1. The van der Waals surface area contributed by atoms with Gasteiger partial charge >= 0.3 is 0 Å². The minimum atomic E-state index is -0.866. The van der Waals surface area contributed by atoms with Crippen LogP contribution in [-0.2, 0) is 17.8 Å². The molecule has 106 valence electrons. The normalized spacial score (nSPS) is 11.4. The first-order valence-corrected chi connectivity index (χ1v) is 6.63. The van der Waals surface area contributed by atoms with Gasteiger partial charge in [-0.15, -0.1) is 0 Å². The zero-order valence-electron chi connectivity index (χ0n) is 12.0. The van der Waals surface area contributed by atoms with Crippen LogP contribution in [0.2, 0.25) is 0 Å². The van der Waals surface area contributed by atoms with E-state index in [0.717, 1.165) is 11.1 Å². The Kier molecular flexibility index (Phi) is 5.51. The van der Waals surface area contributed by atoms with E-state index in [4.69, 9.17) is 5.73 Å². The van der Waals surface area contributed by atoms with E-state index in [0.29, 0.717) is 26.1 Å². The summed E-state index contributed by atoms with van der Waals surface area (Å²) in [5, 5.41) is 9.79. The lowest BCUT2D eigenvalue weighted by Crippen LogP contribution is -2.42. The van der Waals surface area contributed by atoms with Crippen LogP contribution in [0.4, 0.5) is 0 Å². The molecule has 0 aliphatic carbocycles. The molecule has 4 heteroatoms. The first-order valence-electron chi connectivity index (χ1n) is 6.63. The Balaban J connectivity index is 2.65. The smallest absolute Gasteiger partial charge is 0.227 e. The Bertz CT molecular complexity index is 407. The number of benzene rings is 1. The average molecular weight is 264 g/mol. The number of likely N-dealkylation sites (N-methyl/N-ethyl adjacent to an activating group) is 1. The molecule has 0 saturated carbocycles. The van der Waals surface area contributed by atoms with E-state index in [1.807, 2.05) is 31.2 Å². The summed E-state index contributed by atoms with van der Waals surface area (Å²) in [6, 6.07) is 7.74. The first kappa shape index (κ1) is 15.7. The van der Waals surface area contributed by atoms with Gasteiger partial charge in [0, 0.05) is 19.6 Å². The molecule has 0 spiro atoms. The molecular weight excluding hydrogens is 240 g/mol. The van der Waals surface area contributed by atoms with Crippen molar-refractivity contribution in [2.45, 2.75) is 39.3 Å². The predicted octanol–water partition coefficient (Wildman–Crippen LogP) is 1.31. The van der Waals surface area contributed by atoms with Gasteiger partial charge in [-0.3, -0.25) is 4.79 Å². The fourth-order valence-electron chi connectivity index (χ4n) is 1.92. The predicted molar refractivity (Wildman–Crippen MR) is 76.6 cm³/mol. The van der Waals surface area contributed by atoms with Crippen LogP contribution in [0.15, 0.2) is 24.3 Å². The highest BCUT2D eigenvalue weighted by Crippen LogP contribution is 2.09. The van der Waals surface area contributed by atoms with E-state index in [9.17, 15) is 9.90 Å². The molecule has 0 saturated heterocycles. The number of rotatable bonds is 6. The quantitative estimate of drug-likeness (QED) is 0.814. The molecule has 0 atom stereocenters. The zero-order chi connectivity index (χ0) is 14.5. The Labute approximate surface area is 115 Å². The highest BCUT2D eigenvalue weighted by molar-refractivity contribution is 5.78. The van der Waals surface area contributed by atoms with Crippen molar-refractivity contribution in [3.05, 3.63) is 35.4 Å². The summed E-state index contributed by atoms with van der Waals surface area (Å²) < 4.78 is 0. The molecule has 0 bridgehead atoms. The van der Waals surface area contributed by atoms with Crippen molar-refractivity contribution in [2.75, 3.05) is 13.1 Å². The molecule has 0 fully saturated rings. The minimum Gasteiger partial charge on any atom is -0.389 e. The van der Waals surface area contributed by atoms with Crippen LogP contribution in [0.5, 0.6) is 0 Å². The molecule has 0 aromatic heterocycles. The molecule has 1 rings (SSSR count). The molecule has 0 aliphatic heterocycles. The van der Waals surface area contributed by atoms with Crippen molar-refractivity contribution >= 4 is 5.91 Å². The number of carbonyl (C=O) groups is 1. The minimum absolute atomic E-state index is 0.0325. The van der Waals surface area contributed by atoms with Crippen molar-refractivity contribution in [1.82, 2.24) is 4.90 Å². The summed E-state index contributed by atoms with van der Waals surface area (Å²) in [7, 11) is 0. The highest BCUT2D eigenvalue weighted by Gasteiger charge is 2.21. The van der Waals surface area contributed by atoms with Crippen molar-refractivity contribution < 1.29 is 9.90 Å². The van der Waals surface area contributed by atoms with Gasteiger partial charge in [-0.1, -0.05) is 24.3 Å². The fraction of sp³-hybridized carbons (Fsp3) is 0.533. The Morgan fingerprint density at radius 1 is 1.26 bits per heavy atom. The molecule has 0 heterocycles. The van der Waals surface area contributed by atoms with E-state index in [1.165, 1.54) is 0 Å². The number of hydrogen-bond donors (Lipinski definition) is 2. The molecule has 1 amide bonds. The second kappa shape index (κ2) is 6.68. The van der Waals surface area contributed by atoms with Crippen LogP contribution in [0, 0.1) is 0 Å². The molecule has 1 aromatic rings. The maximum Gasteiger partial charge on any atom is 0.227 e. The number of nitrogens with two attached hydrogens (primary N) is 1. The molecular formula is C15H24N2O2. The van der Waals surface area contributed by atoms with Crippen molar-refractivity contribution in [3.63, 3.8) is 0 Å². The van der Waals surface area contributed by atoms with Crippen LogP contribution < -0.4 is 5.73 Å². The Morgan fingerprint density at radius 2 is 1.79 bits per heavy atom. The van der Waals surface area contributed by atoms with Gasteiger partial charge in [0.1, 0.15) is 0 Å². The summed E-state index contributed by atoms with van der Waals surface area (Å²) in [6.45, 7) is 6.79. The average Bonchev–Trinajstić information content (AvgIpc) is 2.35. The first-order chi connectivity index (χ1) is 8.85. The lowest BCUT2D eigenvalue weighted by atomic mass is 10.1.